The second kappa shape index (κ2) is 5.35. The number of aromatic nitrogens is 1. The van der Waals surface area contributed by atoms with Gasteiger partial charge in [-0.1, -0.05) is 6.92 Å². The van der Waals surface area contributed by atoms with Crippen LogP contribution in [-0.2, 0) is 0 Å². The number of carbonyl (C=O) groups excluding carboxylic acids is 1. The van der Waals surface area contributed by atoms with Crippen LogP contribution in [0.4, 0.5) is 5.82 Å². The third kappa shape index (κ3) is 2.61. The molecule has 2 atom stereocenters. The van der Waals surface area contributed by atoms with Crippen molar-refractivity contribution in [2.24, 2.45) is 17.4 Å². The largest absolute Gasteiger partial charge is 0.366 e. The molecule has 4 N–H and O–H groups in total. The van der Waals surface area contributed by atoms with E-state index in [1.54, 1.807) is 6.07 Å². The van der Waals surface area contributed by atoms with E-state index in [0.29, 0.717) is 24.1 Å². The molecule has 0 saturated carbocycles. The molecule has 2 heterocycles. The van der Waals surface area contributed by atoms with Gasteiger partial charge in [-0.2, -0.15) is 0 Å². The molecule has 5 heteroatoms. The van der Waals surface area contributed by atoms with Crippen molar-refractivity contribution >= 4 is 11.7 Å². The minimum absolute atomic E-state index is 0.334. The van der Waals surface area contributed by atoms with Gasteiger partial charge in [-0.25, -0.2) is 4.98 Å². The zero-order chi connectivity index (χ0) is 13.1. The third-order valence-corrected chi connectivity index (χ3v) is 3.58. The summed E-state index contributed by atoms with van der Waals surface area (Å²) in [6.45, 7) is 3.85. The van der Waals surface area contributed by atoms with Gasteiger partial charge >= 0.3 is 0 Å². The lowest BCUT2D eigenvalue weighted by molar-refractivity contribution is 0.1000. The quantitative estimate of drug-likeness (QED) is 0.826. The highest BCUT2D eigenvalue weighted by Crippen LogP contribution is 2.26. The van der Waals surface area contributed by atoms with Crippen molar-refractivity contribution in [2.75, 3.05) is 18.0 Å². The summed E-state index contributed by atoms with van der Waals surface area (Å²) in [5.41, 5.74) is 11.5. The number of pyridine rings is 1. The summed E-state index contributed by atoms with van der Waals surface area (Å²) in [6, 6.07) is 3.90. The van der Waals surface area contributed by atoms with Gasteiger partial charge in [0.2, 0.25) is 5.91 Å². The second-order valence-corrected chi connectivity index (χ2v) is 4.98. The standard InChI is InChI=1S/C13H20N4O/c1-9-4-5-17(11(6-9)7-14)12-3-2-10(8-16-12)13(15)18/h2-3,8-9,11H,4-7,14H2,1H3,(H2,15,18). The summed E-state index contributed by atoms with van der Waals surface area (Å²) in [5, 5.41) is 0. The molecule has 1 aromatic rings. The topological polar surface area (TPSA) is 85.2 Å². The fourth-order valence-corrected chi connectivity index (χ4v) is 2.48. The highest BCUT2D eigenvalue weighted by Gasteiger charge is 2.26. The van der Waals surface area contributed by atoms with Crippen LogP contribution >= 0.6 is 0 Å². The Bertz CT molecular complexity index is 418. The highest BCUT2D eigenvalue weighted by atomic mass is 16.1. The highest BCUT2D eigenvalue weighted by molar-refractivity contribution is 5.92. The van der Waals surface area contributed by atoms with Crippen molar-refractivity contribution in [3.05, 3.63) is 23.9 Å². The molecular formula is C13H20N4O. The van der Waals surface area contributed by atoms with Gasteiger partial charge in [-0.05, 0) is 30.9 Å². The average molecular weight is 248 g/mol. The SMILES string of the molecule is CC1CCN(c2ccc(C(N)=O)cn2)C(CN)C1. The molecule has 5 nitrogen and oxygen atoms in total. The van der Waals surface area contributed by atoms with Gasteiger partial charge in [0.05, 0.1) is 5.56 Å². The van der Waals surface area contributed by atoms with Crippen LogP contribution in [0.1, 0.15) is 30.1 Å². The maximum absolute atomic E-state index is 11.0. The van der Waals surface area contributed by atoms with E-state index in [1.807, 2.05) is 6.07 Å². The van der Waals surface area contributed by atoms with Crippen molar-refractivity contribution in [1.82, 2.24) is 4.98 Å². The summed E-state index contributed by atoms with van der Waals surface area (Å²) in [5.74, 6) is 1.14. The summed E-state index contributed by atoms with van der Waals surface area (Å²) < 4.78 is 0. The van der Waals surface area contributed by atoms with E-state index in [4.69, 9.17) is 11.5 Å². The molecule has 1 aliphatic heterocycles. The lowest BCUT2D eigenvalue weighted by Crippen LogP contribution is -2.46. The Labute approximate surface area is 107 Å². The Kier molecular flexibility index (Phi) is 3.81. The monoisotopic (exact) mass is 248 g/mol. The van der Waals surface area contributed by atoms with Gasteiger partial charge < -0.3 is 16.4 Å². The molecule has 0 radical (unpaired) electrons. The number of hydrogen-bond acceptors (Lipinski definition) is 4. The fourth-order valence-electron chi connectivity index (χ4n) is 2.48. The molecule has 0 aromatic carbocycles. The molecule has 18 heavy (non-hydrogen) atoms. The number of amides is 1. The molecular weight excluding hydrogens is 228 g/mol. The number of primary amides is 1. The van der Waals surface area contributed by atoms with Gasteiger partial charge in [0.15, 0.2) is 0 Å². The van der Waals surface area contributed by atoms with E-state index in [0.717, 1.165) is 25.2 Å². The molecule has 0 bridgehead atoms. The average Bonchev–Trinajstić information content (AvgIpc) is 2.38. The smallest absolute Gasteiger partial charge is 0.250 e. The Morgan fingerprint density at radius 3 is 2.89 bits per heavy atom. The van der Waals surface area contributed by atoms with Crippen LogP contribution in [0.3, 0.4) is 0 Å². The number of rotatable bonds is 3. The summed E-state index contributed by atoms with van der Waals surface area (Å²) in [7, 11) is 0. The van der Waals surface area contributed by atoms with Crippen molar-refractivity contribution in [2.45, 2.75) is 25.8 Å². The van der Waals surface area contributed by atoms with Crippen LogP contribution in [0, 0.1) is 5.92 Å². The predicted octanol–water partition coefficient (Wildman–Crippen LogP) is 0.744. The Morgan fingerprint density at radius 2 is 2.33 bits per heavy atom. The molecule has 1 saturated heterocycles. The Hall–Kier alpha value is -1.62. The van der Waals surface area contributed by atoms with Gasteiger partial charge in [0.1, 0.15) is 5.82 Å². The molecule has 2 rings (SSSR count). The number of nitrogens with two attached hydrogens (primary N) is 2. The van der Waals surface area contributed by atoms with E-state index in [-0.39, 0.29) is 0 Å². The first-order chi connectivity index (χ1) is 8.61. The van der Waals surface area contributed by atoms with E-state index in [1.165, 1.54) is 6.20 Å². The first kappa shape index (κ1) is 12.8. The van der Waals surface area contributed by atoms with E-state index >= 15 is 0 Å². The van der Waals surface area contributed by atoms with Crippen molar-refractivity contribution in [3.63, 3.8) is 0 Å². The van der Waals surface area contributed by atoms with Crippen LogP contribution in [0.25, 0.3) is 0 Å². The number of nitrogens with zero attached hydrogens (tertiary/aromatic N) is 2. The first-order valence-corrected chi connectivity index (χ1v) is 6.34. The van der Waals surface area contributed by atoms with Crippen molar-refractivity contribution in [1.29, 1.82) is 0 Å². The summed E-state index contributed by atoms with van der Waals surface area (Å²) in [4.78, 5) is 17.5. The van der Waals surface area contributed by atoms with Crippen LogP contribution in [0.15, 0.2) is 18.3 Å². The molecule has 1 fully saturated rings. The van der Waals surface area contributed by atoms with Gasteiger partial charge in [-0.15, -0.1) is 0 Å². The Morgan fingerprint density at radius 1 is 1.56 bits per heavy atom. The lowest BCUT2D eigenvalue weighted by Gasteiger charge is -2.38. The zero-order valence-electron chi connectivity index (χ0n) is 10.7. The number of hydrogen-bond donors (Lipinski definition) is 2. The van der Waals surface area contributed by atoms with Gasteiger partial charge in [0, 0.05) is 25.3 Å². The number of piperidine rings is 1. The summed E-state index contributed by atoms with van der Waals surface area (Å²) in [6.07, 6.45) is 3.77. The van der Waals surface area contributed by atoms with E-state index in [2.05, 4.69) is 16.8 Å². The maximum atomic E-state index is 11.0. The normalized spacial score (nSPS) is 24.0. The third-order valence-electron chi connectivity index (χ3n) is 3.58. The fraction of sp³-hybridized carbons (Fsp3) is 0.538. The number of carbonyl (C=O) groups is 1. The molecule has 98 valence electrons. The van der Waals surface area contributed by atoms with Crippen LogP contribution < -0.4 is 16.4 Å². The lowest BCUT2D eigenvalue weighted by atomic mass is 9.92. The molecule has 1 aromatic heterocycles. The number of anilines is 1. The van der Waals surface area contributed by atoms with Gasteiger partial charge in [0.25, 0.3) is 0 Å². The molecule has 1 aliphatic rings. The minimum Gasteiger partial charge on any atom is -0.366 e. The predicted molar refractivity (Wildman–Crippen MR) is 71.3 cm³/mol. The van der Waals surface area contributed by atoms with E-state index in [9.17, 15) is 4.79 Å². The first-order valence-electron chi connectivity index (χ1n) is 6.34. The Balaban J connectivity index is 2.17. The molecule has 1 amide bonds. The van der Waals surface area contributed by atoms with Crippen molar-refractivity contribution in [3.8, 4) is 0 Å². The van der Waals surface area contributed by atoms with Crippen LogP contribution in [0.5, 0.6) is 0 Å². The van der Waals surface area contributed by atoms with Crippen LogP contribution in [0.2, 0.25) is 0 Å². The minimum atomic E-state index is -0.448. The van der Waals surface area contributed by atoms with E-state index < -0.39 is 5.91 Å². The molecule has 2 unspecified atom stereocenters. The molecule has 0 aliphatic carbocycles. The molecule has 0 spiro atoms. The van der Waals surface area contributed by atoms with Crippen molar-refractivity contribution < 1.29 is 4.79 Å². The second-order valence-electron chi connectivity index (χ2n) is 4.98. The van der Waals surface area contributed by atoms with Crippen LogP contribution in [-0.4, -0.2) is 30.0 Å². The summed E-state index contributed by atoms with van der Waals surface area (Å²) >= 11 is 0. The van der Waals surface area contributed by atoms with Gasteiger partial charge in [-0.3, -0.25) is 4.79 Å². The zero-order valence-corrected chi connectivity index (χ0v) is 10.7. The maximum Gasteiger partial charge on any atom is 0.250 e.